The molecule has 0 spiro atoms. The van der Waals surface area contributed by atoms with Crippen molar-refractivity contribution in [3.05, 3.63) is 72.3 Å². The van der Waals surface area contributed by atoms with Crippen molar-refractivity contribution in [3.63, 3.8) is 0 Å². The first kappa shape index (κ1) is 25.4. The van der Waals surface area contributed by atoms with Crippen molar-refractivity contribution in [2.75, 3.05) is 13.2 Å². The maximum atomic E-state index is 6.00. The third-order valence-electron chi connectivity index (χ3n) is 6.50. The summed E-state index contributed by atoms with van der Waals surface area (Å²) in [7, 11) is 0. The second kappa shape index (κ2) is 14.8. The molecule has 0 aromatic heterocycles. The molecule has 1 aliphatic carbocycles. The Balaban J connectivity index is 1.27. The maximum absolute atomic E-state index is 6.00. The standard InChI is InChI=1S/C30H42O3/c1-3-4-5-6-7-9-26-12-14-27(15-13-26)24-33-30-20-18-29(19-21-30)32-23-8-22-31-28-16-10-25(2)11-17-28/h3,12-15,18-21,25,28H,1,4-11,16-17,22-24H2,2H3. The number of unbranched alkanes of at least 4 members (excludes halogenated alkanes) is 3. The molecule has 1 saturated carbocycles. The minimum Gasteiger partial charge on any atom is -0.494 e. The number of hydrogen-bond donors (Lipinski definition) is 0. The molecule has 0 bridgehead atoms. The van der Waals surface area contributed by atoms with E-state index in [4.69, 9.17) is 14.2 Å². The van der Waals surface area contributed by atoms with Crippen LogP contribution in [0.25, 0.3) is 0 Å². The van der Waals surface area contributed by atoms with E-state index in [0.29, 0.717) is 19.3 Å². The van der Waals surface area contributed by atoms with E-state index in [0.717, 1.165) is 43.3 Å². The van der Waals surface area contributed by atoms with Gasteiger partial charge in [-0.1, -0.05) is 43.7 Å². The Morgan fingerprint density at radius 2 is 1.42 bits per heavy atom. The highest BCUT2D eigenvalue weighted by atomic mass is 16.5. The van der Waals surface area contributed by atoms with Gasteiger partial charge in [0.2, 0.25) is 0 Å². The van der Waals surface area contributed by atoms with Crippen LogP contribution in [0.3, 0.4) is 0 Å². The highest BCUT2D eigenvalue weighted by Gasteiger charge is 2.18. The van der Waals surface area contributed by atoms with Crippen molar-refractivity contribution in [2.24, 2.45) is 5.92 Å². The van der Waals surface area contributed by atoms with E-state index in [1.54, 1.807) is 0 Å². The van der Waals surface area contributed by atoms with Gasteiger partial charge >= 0.3 is 0 Å². The molecule has 2 aromatic carbocycles. The van der Waals surface area contributed by atoms with Crippen LogP contribution in [-0.4, -0.2) is 19.3 Å². The second-order valence-corrected chi connectivity index (χ2v) is 9.42. The number of allylic oxidation sites excluding steroid dienone is 1. The molecule has 3 rings (SSSR count). The summed E-state index contributed by atoms with van der Waals surface area (Å²) in [6.45, 7) is 8.17. The lowest BCUT2D eigenvalue weighted by Gasteiger charge is -2.26. The van der Waals surface area contributed by atoms with Crippen molar-refractivity contribution in [1.82, 2.24) is 0 Å². The van der Waals surface area contributed by atoms with Crippen molar-refractivity contribution >= 4 is 0 Å². The predicted molar refractivity (Wildman–Crippen MR) is 137 cm³/mol. The lowest BCUT2D eigenvalue weighted by atomic mass is 9.89. The molecule has 0 unspecified atom stereocenters. The summed E-state index contributed by atoms with van der Waals surface area (Å²) in [5, 5.41) is 0. The average Bonchev–Trinajstić information content (AvgIpc) is 2.85. The highest BCUT2D eigenvalue weighted by Crippen LogP contribution is 2.25. The van der Waals surface area contributed by atoms with Gasteiger partial charge in [0.15, 0.2) is 0 Å². The lowest BCUT2D eigenvalue weighted by Crippen LogP contribution is -2.21. The molecule has 0 saturated heterocycles. The summed E-state index contributed by atoms with van der Waals surface area (Å²) < 4.78 is 17.8. The summed E-state index contributed by atoms with van der Waals surface area (Å²) in [4.78, 5) is 0. The van der Waals surface area contributed by atoms with E-state index in [2.05, 4.69) is 37.8 Å². The fraction of sp³-hybridized carbons (Fsp3) is 0.533. The van der Waals surface area contributed by atoms with Gasteiger partial charge in [-0.3, -0.25) is 0 Å². The molecule has 180 valence electrons. The smallest absolute Gasteiger partial charge is 0.120 e. The lowest BCUT2D eigenvalue weighted by molar-refractivity contribution is 0.0146. The normalized spacial score (nSPS) is 18.1. The summed E-state index contributed by atoms with van der Waals surface area (Å²) in [6.07, 6.45) is 14.4. The van der Waals surface area contributed by atoms with E-state index >= 15 is 0 Å². The van der Waals surface area contributed by atoms with Crippen LogP contribution in [0, 0.1) is 5.92 Å². The minimum absolute atomic E-state index is 0.459. The van der Waals surface area contributed by atoms with Gasteiger partial charge in [-0.25, -0.2) is 0 Å². The first-order chi connectivity index (χ1) is 16.2. The molecular formula is C30H42O3. The fourth-order valence-electron chi connectivity index (χ4n) is 4.29. The highest BCUT2D eigenvalue weighted by molar-refractivity contribution is 5.31. The van der Waals surface area contributed by atoms with E-state index in [-0.39, 0.29) is 0 Å². The number of hydrogen-bond acceptors (Lipinski definition) is 3. The Hall–Kier alpha value is -2.26. The molecule has 0 atom stereocenters. The number of ether oxygens (including phenoxy) is 3. The Labute approximate surface area is 201 Å². The molecular weight excluding hydrogens is 408 g/mol. The van der Waals surface area contributed by atoms with Gasteiger partial charge in [-0.05, 0) is 92.7 Å². The third-order valence-corrected chi connectivity index (χ3v) is 6.50. The van der Waals surface area contributed by atoms with Crippen LogP contribution in [0.15, 0.2) is 61.2 Å². The first-order valence-electron chi connectivity index (χ1n) is 12.9. The second-order valence-electron chi connectivity index (χ2n) is 9.42. The zero-order chi connectivity index (χ0) is 23.1. The Bertz CT molecular complexity index is 773. The van der Waals surface area contributed by atoms with Crippen LogP contribution < -0.4 is 9.47 Å². The van der Waals surface area contributed by atoms with Crippen LogP contribution in [-0.2, 0) is 17.8 Å². The van der Waals surface area contributed by atoms with Gasteiger partial charge in [0, 0.05) is 6.42 Å². The third kappa shape index (κ3) is 10.0. The van der Waals surface area contributed by atoms with Crippen molar-refractivity contribution in [3.8, 4) is 11.5 Å². The SMILES string of the molecule is C=CCCCCCc1ccc(COc2ccc(OCCCOC3CCC(C)CC3)cc2)cc1. The molecule has 0 N–H and O–H groups in total. The minimum atomic E-state index is 0.459. The Kier molecular flexibility index (Phi) is 11.4. The van der Waals surface area contributed by atoms with Crippen molar-refractivity contribution in [2.45, 2.75) is 83.8 Å². The summed E-state index contributed by atoms with van der Waals surface area (Å²) in [5.74, 6) is 2.61. The average molecular weight is 451 g/mol. The van der Waals surface area contributed by atoms with E-state index < -0.39 is 0 Å². The summed E-state index contributed by atoms with van der Waals surface area (Å²) >= 11 is 0. The topological polar surface area (TPSA) is 27.7 Å². The predicted octanol–water partition coefficient (Wildman–Crippen LogP) is 7.92. The largest absolute Gasteiger partial charge is 0.494 e. The van der Waals surface area contributed by atoms with Crippen LogP contribution in [0.5, 0.6) is 11.5 Å². The van der Waals surface area contributed by atoms with E-state index in [9.17, 15) is 0 Å². The van der Waals surface area contributed by atoms with Crippen molar-refractivity contribution < 1.29 is 14.2 Å². The van der Waals surface area contributed by atoms with Gasteiger partial charge in [0.1, 0.15) is 18.1 Å². The summed E-state index contributed by atoms with van der Waals surface area (Å²) in [5.41, 5.74) is 2.59. The van der Waals surface area contributed by atoms with Gasteiger partial charge in [-0.2, -0.15) is 0 Å². The molecule has 33 heavy (non-hydrogen) atoms. The molecule has 3 nitrogen and oxygen atoms in total. The molecule has 2 aromatic rings. The molecule has 3 heteroatoms. The van der Waals surface area contributed by atoms with Crippen LogP contribution in [0.2, 0.25) is 0 Å². The van der Waals surface area contributed by atoms with Gasteiger partial charge < -0.3 is 14.2 Å². The summed E-state index contributed by atoms with van der Waals surface area (Å²) in [6, 6.07) is 16.7. The molecule has 0 heterocycles. The Morgan fingerprint density at radius 3 is 2.12 bits per heavy atom. The number of rotatable bonds is 15. The zero-order valence-electron chi connectivity index (χ0n) is 20.5. The van der Waals surface area contributed by atoms with E-state index in [1.807, 2.05) is 30.3 Å². The maximum Gasteiger partial charge on any atom is 0.120 e. The van der Waals surface area contributed by atoms with E-state index in [1.165, 1.54) is 56.1 Å². The molecule has 0 radical (unpaired) electrons. The zero-order valence-corrected chi connectivity index (χ0v) is 20.5. The van der Waals surface area contributed by atoms with Crippen LogP contribution in [0.4, 0.5) is 0 Å². The van der Waals surface area contributed by atoms with Crippen LogP contribution in [0.1, 0.15) is 75.8 Å². The molecule has 0 amide bonds. The number of aryl methyl sites for hydroxylation is 1. The van der Waals surface area contributed by atoms with Gasteiger partial charge in [0.25, 0.3) is 0 Å². The quantitative estimate of drug-likeness (QED) is 0.204. The monoisotopic (exact) mass is 450 g/mol. The number of benzene rings is 2. The van der Waals surface area contributed by atoms with Gasteiger partial charge in [-0.15, -0.1) is 6.58 Å². The van der Waals surface area contributed by atoms with Gasteiger partial charge in [0.05, 0.1) is 19.3 Å². The molecule has 0 aliphatic heterocycles. The fourth-order valence-corrected chi connectivity index (χ4v) is 4.29. The van der Waals surface area contributed by atoms with Crippen molar-refractivity contribution in [1.29, 1.82) is 0 Å². The Morgan fingerprint density at radius 1 is 0.758 bits per heavy atom. The molecule has 1 aliphatic rings. The molecule has 1 fully saturated rings. The van der Waals surface area contributed by atoms with Crippen LogP contribution >= 0.6 is 0 Å². The first-order valence-corrected chi connectivity index (χ1v) is 12.9.